The standard InChI is InChI=1S/C27H36O4/c1-22(21-23-12-16-25(29)17-13-23)24-14-18-26(19-15-24)31-27(30)11-9-7-5-3-2-4-6-8-10-20-28/h12-14,16-20,29H,2-11,15,21H2,1H3. The lowest BCUT2D eigenvalue weighted by Gasteiger charge is -2.13. The van der Waals surface area contributed by atoms with Crippen molar-refractivity contribution in [2.24, 2.45) is 0 Å². The predicted molar refractivity (Wildman–Crippen MR) is 125 cm³/mol. The largest absolute Gasteiger partial charge is 0.508 e. The van der Waals surface area contributed by atoms with Crippen LogP contribution < -0.4 is 0 Å². The quantitative estimate of drug-likeness (QED) is 0.204. The molecule has 0 bridgehead atoms. The number of hydrogen-bond donors (Lipinski definition) is 1. The number of unbranched alkanes of at least 4 members (excludes halogenated alkanes) is 8. The molecule has 4 nitrogen and oxygen atoms in total. The molecule has 1 N–H and O–H groups in total. The Hall–Kier alpha value is -2.62. The highest BCUT2D eigenvalue weighted by molar-refractivity contribution is 5.71. The summed E-state index contributed by atoms with van der Waals surface area (Å²) < 4.78 is 5.49. The van der Waals surface area contributed by atoms with E-state index < -0.39 is 0 Å². The molecule has 1 aliphatic rings. The number of allylic oxidation sites excluding steroid dienone is 5. The van der Waals surface area contributed by atoms with Crippen molar-refractivity contribution in [3.05, 3.63) is 65.0 Å². The van der Waals surface area contributed by atoms with E-state index in [-0.39, 0.29) is 11.7 Å². The van der Waals surface area contributed by atoms with Gasteiger partial charge in [-0.2, -0.15) is 0 Å². The molecule has 1 aromatic carbocycles. The van der Waals surface area contributed by atoms with Gasteiger partial charge in [0, 0.05) is 12.8 Å². The lowest BCUT2D eigenvalue weighted by atomic mass is 9.96. The van der Waals surface area contributed by atoms with Crippen molar-refractivity contribution >= 4 is 12.3 Å². The van der Waals surface area contributed by atoms with Crippen LogP contribution in [-0.2, 0) is 20.7 Å². The summed E-state index contributed by atoms with van der Waals surface area (Å²) in [6.07, 6.45) is 18.5. The minimum Gasteiger partial charge on any atom is -0.508 e. The molecule has 0 aliphatic heterocycles. The van der Waals surface area contributed by atoms with Crippen molar-refractivity contribution in [2.45, 2.75) is 84.0 Å². The molecule has 0 spiro atoms. The Morgan fingerprint density at radius 3 is 2.23 bits per heavy atom. The highest BCUT2D eigenvalue weighted by atomic mass is 16.5. The van der Waals surface area contributed by atoms with E-state index in [2.05, 4.69) is 6.92 Å². The van der Waals surface area contributed by atoms with Gasteiger partial charge in [-0.1, -0.05) is 62.3 Å². The smallest absolute Gasteiger partial charge is 0.311 e. The number of esters is 1. The maximum atomic E-state index is 12.1. The van der Waals surface area contributed by atoms with Gasteiger partial charge in [-0.25, -0.2) is 0 Å². The number of aldehydes is 1. The van der Waals surface area contributed by atoms with Crippen LogP contribution in [0.3, 0.4) is 0 Å². The Morgan fingerprint density at radius 2 is 1.61 bits per heavy atom. The fourth-order valence-electron chi connectivity index (χ4n) is 3.70. The first kappa shape index (κ1) is 24.6. The zero-order chi connectivity index (χ0) is 22.3. The molecule has 0 saturated heterocycles. The average Bonchev–Trinajstić information content (AvgIpc) is 2.77. The molecule has 31 heavy (non-hydrogen) atoms. The van der Waals surface area contributed by atoms with Crippen LogP contribution >= 0.6 is 0 Å². The first-order valence-electron chi connectivity index (χ1n) is 11.6. The first-order valence-corrected chi connectivity index (χ1v) is 11.6. The number of carbonyl (C=O) groups excluding carboxylic acids is 2. The fraction of sp³-hybridized carbons (Fsp3) is 0.481. The minimum atomic E-state index is -0.155. The van der Waals surface area contributed by atoms with Crippen LogP contribution in [0.4, 0.5) is 0 Å². The maximum Gasteiger partial charge on any atom is 0.311 e. The number of ether oxygens (including phenoxy) is 1. The molecule has 0 amide bonds. The molecule has 0 heterocycles. The summed E-state index contributed by atoms with van der Waals surface area (Å²) in [4.78, 5) is 22.3. The number of phenolic OH excluding ortho intramolecular Hbond substituents is 1. The molecular formula is C27H36O4. The SMILES string of the molecule is CC(Cc1ccc(O)cc1)=C1C=CC(OC(=O)CCCCCCCCCCC=O)=CC1. The normalized spacial score (nSPS) is 14.8. The van der Waals surface area contributed by atoms with Gasteiger partial charge in [-0.15, -0.1) is 0 Å². The topological polar surface area (TPSA) is 63.6 Å². The van der Waals surface area contributed by atoms with Gasteiger partial charge in [0.2, 0.25) is 0 Å². The third-order valence-corrected chi connectivity index (χ3v) is 5.61. The lowest BCUT2D eigenvalue weighted by Crippen LogP contribution is -2.05. The third kappa shape index (κ3) is 10.3. The molecule has 0 saturated carbocycles. The van der Waals surface area contributed by atoms with E-state index in [1.807, 2.05) is 30.4 Å². The first-order chi connectivity index (χ1) is 15.1. The monoisotopic (exact) mass is 424 g/mol. The van der Waals surface area contributed by atoms with Crippen LogP contribution in [0.15, 0.2) is 59.4 Å². The van der Waals surface area contributed by atoms with Crippen molar-refractivity contribution in [3.63, 3.8) is 0 Å². The van der Waals surface area contributed by atoms with Gasteiger partial charge in [-0.05, 0) is 68.0 Å². The van der Waals surface area contributed by atoms with Crippen LogP contribution in [-0.4, -0.2) is 17.4 Å². The fourth-order valence-corrected chi connectivity index (χ4v) is 3.70. The van der Waals surface area contributed by atoms with Gasteiger partial charge >= 0.3 is 5.97 Å². The lowest BCUT2D eigenvalue weighted by molar-refractivity contribution is -0.139. The number of aromatic hydroxyl groups is 1. The Morgan fingerprint density at radius 1 is 0.968 bits per heavy atom. The molecule has 2 rings (SSSR count). The third-order valence-electron chi connectivity index (χ3n) is 5.61. The van der Waals surface area contributed by atoms with E-state index in [0.717, 1.165) is 56.8 Å². The summed E-state index contributed by atoms with van der Waals surface area (Å²) in [5.74, 6) is 0.767. The van der Waals surface area contributed by atoms with Gasteiger partial charge in [0.05, 0.1) is 0 Å². The van der Waals surface area contributed by atoms with Gasteiger partial charge in [-0.3, -0.25) is 4.79 Å². The molecular weight excluding hydrogens is 388 g/mol. The van der Waals surface area contributed by atoms with E-state index in [1.54, 1.807) is 12.1 Å². The molecule has 0 radical (unpaired) electrons. The van der Waals surface area contributed by atoms with E-state index in [0.29, 0.717) is 18.6 Å². The minimum absolute atomic E-state index is 0.155. The van der Waals surface area contributed by atoms with Gasteiger partial charge in [0.15, 0.2) is 0 Å². The second kappa shape index (κ2) is 14.4. The molecule has 0 atom stereocenters. The molecule has 4 heteroatoms. The summed E-state index contributed by atoms with van der Waals surface area (Å²) in [5.41, 5.74) is 3.67. The average molecular weight is 425 g/mol. The zero-order valence-electron chi connectivity index (χ0n) is 18.8. The molecule has 0 aromatic heterocycles. The molecule has 0 unspecified atom stereocenters. The summed E-state index contributed by atoms with van der Waals surface area (Å²) in [7, 11) is 0. The Balaban J connectivity index is 1.60. The van der Waals surface area contributed by atoms with Gasteiger partial charge in [0.1, 0.15) is 17.8 Å². The predicted octanol–water partition coefficient (Wildman–Crippen LogP) is 6.74. The molecule has 168 valence electrons. The van der Waals surface area contributed by atoms with E-state index in [1.165, 1.54) is 30.4 Å². The number of phenols is 1. The maximum absolute atomic E-state index is 12.1. The zero-order valence-corrected chi connectivity index (χ0v) is 18.8. The molecule has 0 fully saturated rings. The summed E-state index contributed by atoms with van der Waals surface area (Å²) >= 11 is 0. The summed E-state index contributed by atoms with van der Waals surface area (Å²) in [6, 6.07) is 7.29. The summed E-state index contributed by atoms with van der Waals surface area (Å²) in [5, 5.41) is 9.39. The van der Waals surface area contributed by atoms with Crippen LogP contribution in [0.1, 0.15) is 83.1 Å². The van der Waals surface area contributed by atoms with Crippen molar-refractivity contribution in [3.8, 4) is 5.75 Å². The Labute approximate surface area is 186 Å². The van der Waals surface area contributed by atoms with Crippen molar-refractivity contribution in [2.75, 3.05) is 0 Å². The van der Waals surface area contributed by atoms with Crippen LogP contribution in [0.25, 0.3) is 0 Å². The van der Waals surface area contributed by atoms with Crippen LogP contribution in [0.2, 0.25) is 0 Å². The Bertz CT molecular complexity index is 784. The van der Waals surface area contributed by atoms with E-state index >= 15 is 0 Å². The van der Waals surface area contributed by atoms with Crippen molar-refractivity contribution < 1.29 is 19.4 Å². The van der Waals surface area contributed by atoms with Crippen molar-refractivity contribution in [1.82, 2.24) is 0 Å². The number of benzene rings is 1. The van der Waals surface area contributed by atoms with Crippen LogP contribution in [0.5, 0.6) is 5.75 Å². The van der Waals surface area contributed by atoms with E-state index in [9.17, 15) is 14.7 Å². The van der Waals surface area contributed by atoms with Crippen LogP contribution in [0, 0.1) is 0 Å². The number of rotatable bonds is 14. The number of carbonyl (C=O) groups is 2. The Kier molecular flexibility index (Phi) is 11.4. The van der Waals surface area contributed by atoms with Gasteiger partial charge in [0.25, 0.3) is 0 Å². The molecule has 1 aliphatic carbocycles. The van der Waals surface area contributed by atoms with E-state index in [4.69, 9.17) is 4.74 Å². The van der Waals surface area contributed by atoms with Gasteiger partial charge < -0.3 is 14.6 Å². The second-order valence-electron chi connectivity index (χ2n) is 8.30. The second-order valence-corrected chi connectivity index (χ2v) is 8.30. The highest BCUT2D eigenvalue weighted by Gasteiger charge is 2.10. The molecule has 1 aromatic rings. The highest BCUT2D eigenvalue weighted by Crippen LogP contribution is 2.23. The van der Waals surface area contributed by atoms with Crippen molar-refractivity contribution in [1.29, 1.82) is 0 Å². The number of hydrogen-bond acceptors (Lipinski definition) is 4. The summed E-state index contributed by atoms with van der Waals surface area (Å²) in [6.45, 7) is 2.11.